The minimum atomic E-state index is -0.811. The first-order valence-corrected chi connectivity index (χ1v) is 7.62. The standard InChI is InChI=1S/C14H25N3O4/c1-11-2-4-14(5-3-11,12(18)19)10-15-13(20)16-17-6-8-21-9-7-17/h11H,2-10H2,1H3,(H,18,19)(H2,15,16,20). The van der Waals surface area contributed by atoms with Gasteiger partial charge in [0.15, 0.2) is 0 Å². The molecule has 7 heteroatoms. The van der Waals surface area contributed by atoms with Crippen molar-refractivity contribution in [3.8, 4) is 0 Å². The number of rotatable bonds is 4. The van der Waals surface area contributed by atoms with Crippen LogP contribution in [0.5, 0.6) is 0 Å². The second kappa shape index (κ2) is 7.09. The molecule has 0 aromatic carbocycles. The molecule has 0 aromatic heterocycles. The zero-order chi connectivity index (χ0) is 15.3. The first-order chi connectivity index (χ1) is 10.0. The summed E-state index contributed by atoms with van der Waals surface area (Å²) in [6.45, 7) is 4.81. The Labute approximate surface area is 125 Å². The lowest BCUT2D eigenvalue weighted by Gasteiger charge is -2.36. The molecular weight excluding hydrogens is 274 g/mol. The lowest BCUT2D eigenvalue weighted by Crippen LogP contribution is -2.54. The zero-order valence-corrected chi connectivity index (χ0v) is 12.6. The van der Waals surface area contributed by atoms with Gasteiger partial charge in [-0.15, -0.1) is 0 Å². The van der Waals surface area contributed by atoms with E-state index in [1.54, 1.807) is 5.01 Å². The minimum Gasteiger partial charge on any atom is -0.481 e. The number of urea groups is 1. The van der Waals surface area contributed by atoms with Crippen molar-refractivity contribution < 1.29 is 19.4 Å². The number of hydrogen-bond donors (Lipinski definition) is 3. The summed E-state index contributed by atoms with van der Waals surface area (Å²) in [7, 11) is 0. The van der Waals surface area contributed by atoms with Gasteiger partial charge >= 0.3 is 12.0 Å². The van der Waals surface area contributed by atoms with Gasteiger partial charge in [-0.25, -0.2) is 9.80 Å². The quantitative estimate of drug-likeness (QED) is 0.715. The normalized spacial score (nSPS) is 30.6. The number of carboxylic acid groups (broad SMARTS) is 1. The van der Waals surface area contributed by atoms with Gasteiger partial charge in [-0.05, 0) is 31.6 Å². The second-order valence-corrected chi connectivity index (χ2v) is 6.16. The summed E-state index contributed by atoms with van der Waals surface area (Å²) in [6, 6.07) is -0.337. The molecular formula is C14H25N3O4. The molecule has 1 aliphatic carbocycles. The average molecular weight is 299 g/mol. The molecule has 7 nitrogen and oxygen atoms in total. The third-order valence-corrected chi connectivity index (χ3v) is 4.54. The molecule has 0 spiro atoms. The summed E-state index contributed by atoms with van der Waals surface area (Å²) in [5.74, 6) is -0.235. The molecule has 2 amide bonds. The Bertz CT molecular complexity index is 374. The van der Waals surface area contributed by atoms with Crippen LogP contribution in [0.25, 0.3) is 0 Å². The van der Waals surface area contributed by atoms with E-state index in [2.05, 4.69) is 17.7 Å². The van der Waals surface area contributed by atoms with Crippen LogP contribution in [0, 0.1) is 11.3 Å². The van der Waals surface area contributed by atoms with Gasteiger partial charge in [-0.1, -0.05) is 6.92 Å². The lowest BCUT2D eigenvalue weighted by molar-refractivity contribution is -0.151. The number of morpholine rings is 1. The van der Waals surface area contributed by atoms with Gasteiger partial charge in [-0.2, -0.15) is 0 Å². The number of amides is 2. The van der Waals surface area contributed by atoms with Crippen molar-refractivity contribution in [2.45, 2.75) is 32.6 Å². The summed E-state index contributed by atoms with van der Waals surface area (Å²) >= 11 is 0. The Hall–Kier alpha value is -1.34. The number of carbonyl (C=O) groups is 2. The summed E-state index contributed by atoms with van der Waals surface area (Å²) in [5.41, 5.74) is 1.92. The maximum atomic E-state index is 11.9. The van der Waals surface area contributed by atoms with Crippen LogP contribution in [0.2, 0.25) is 0 Å². The SMILES string of the molecule is CC1CCC(CNC(=O)NN2CCOCC2)(C(=O)O)CC1. The van der Waals surface area contributed by atoms with Crippen molar-refractivity contribution in [2.75, 3.05) is 32.8 Å². The number of aliphatic carboxylic acids is 1. The number of ether oxygens (including phenoxy) is 1. The number of hydrogen-bond acceptors (Lipinski definition) is 4. The van der Waals surface area contributed by atoms with Gasteiger partial charge in [0, 0.05) is 19.6 Å². The van der Waals surface area contributed by atoms with Crippen molar-refractivity contribution >= 4 is 12.0 Å². The van der Waals surface area contributed by atoms with E-state index in [0.717, 1.165) is 12.8 Å². The predicted molar refractivity (Wildman–Crippen MR) is 76.6 cm³/mol. The zero-order valence-electron chi connectivity index (χ0n) is 12.6. The monoisotopic (exact) mass is 299 g/mol. The molecule has 0 radical (unpaired) electrons. The summed E-state index contributed by atoms with van der Waals surface area (Å²) in [4.78, 5) is 23.5. The van der Waals surface area contributed by atoms with Gasteiger partial charge in [0.1, 0.15) is 0 Å². The number of carboxylic acids is 1. The van der Waals surface area contributed by atoms with E-state index < -0.39 is 11.4 Å². The second-order valence-electron chi connectivity index (χ2n) is 6.16. The van der Waals surface area contributed by atoms with Gasteiger partial charge in [0.2, 0.25) is 0 Å². The van der Waals surface area contributed by atoms with E-state index in [-0.39, 0.29) is 12.6 Å². The molecule has 0 unspecified atom stereocenters. The molecule has 2 rings (SSSR count). The smallest absolute Gasteiger partial charge is 0.329 e. The predicted octanol–water partition coefficient (Wildman–Crippen LogP) is 0.814. The summed E-state index contributed by atoms with van der Waals surface area (Å²) in [5, 5.41) is 14.0. The molecule has 2 aliphatic rings. The van der Waals surface area contributed by atoms with Crippen molar-refractivity contribution in [3.63, 3.8) is 0 Å². The third kappa shape index (κ3) is 4.31. The van der Waals surface area contributed by atoms with Crippen LogP contribution in [0.3, 0.4) is 0 Å². The summed E-state index contributed by atoms with van der Waals surface area (Å²) < 4.78 is 5.20. The fraction of sp³-hybridized carbons (Fsp3) is 0.857. The molecule has 1 saturated heterocycles. The van der Waals surface area contributed by atoms with E-state index in [1.165, 1.54) is 0 Å². The molecule has 21 heavy (non-hydrogen) atoms. The first-order valence-electron chi connectivity index (χ1n) is 7.62. The Kier molecular flexibility index (Phi) is 5.41. The molecule has 120 valence electrons. The number of carbonyl (C=O) groups excluding carboxylic acids is 1. The Balaban J connectivity index is 1.81. The van der Waals surface area contributed by atoms with E-state index in [1.807, 2.05) is 0 Å². The van der Waals surface area contributed by atoms with Gasteiger partial charge in [0.25, 0.3) is 0 Å². The Morgan fingerprint density at radius 3 is 2.48 bits per heavy atom. The van der Waals surface area contributed by atoms with Crippen LogP contribution < -0.4 is 10.7 Å². The maximum absolute atomic E-state index is 11.9. The average Bonchev–Trinajstić information content (AvgIpc) is 2.48. The largest absolute Gasteiger partial charge is 0.481 e. The van der Waals surface area contributed by atoms with Crippen LogP contribution in [0.15, 0.2) is 0 Å². The van der Waals surface area contributed by atoms with E-state index in [0.29, 0.717) is 45.1 Å². The highest BCUT2D eigenvalue weighted by molar-refractivity contribution is 5.78. The van der Waals surface area contributed by atoms with Crippen molar-refractivity contribution in [1.82, 2.24) is 15.8 Å². The fourth-order valence-electron chi connectivity index (χ4n) is 2.89. The molecule has 0 bridgehead atoms. The van der Waals surface area contributed by atoms with Gasteiger partial charge in [0.05, 0.1) is 18.6 Å². The van der Waals surface area contributed by atoms with Crippen molar-refractivity contribution in [1.29, 1.82) is 0 Å². The highest BCUT2D eigenvalue weighted by atomic mass is 16.5. The van der Waals surface area contributed by atoms with E-state index in [4.69, 9.17) is 4.74 Å². The van der Waals surface area contributed by atoms with Gasteiger partial charge in [-0.3, -0.25) is 10.2 Å². The molecule has 3 N–H and O–H groups in total. The number of hydrazine groups is 1. The minimum absolute atomic E-state index is 0.186. The van der Waals surface area contributed by atoms with Crippen LogP contribution in [0.1, 0.15) is 32.6 Å². The van der Waals surface area contributed by atoms with Crippen LogP contribution in [-0.2, 0) is 9.53 Å². The van der Waals surface area contributed by atoms with Crippen molar-refractivity contribution in [2.24, 2.45) is 11.3 Å². The molecule has 0 atom stereocenters. The third-order valence-electron chi connectivity index (χ3n) is 4.54. The first kappa shape index (κ1) is 16.0. The Morgan fingerprint density at radius 1 is 1.29 bits per heavy atom. The van der Waals surface area contributed by atoms with Crippen LogP contribution in [0.4, 0.5) is 4.79 Å². The highest BCUT2D eigenvalue weighted by Crippen LogP contribution is 2.38. The van der Waals surface area contributed by atoms with E-state index >= 15 is 0 Å². The van der Waals surface area contributed by atoms with Gasteiger partial charge < -0.3 is 15.2 Å². The molecule has 1 saturated carbocycles. The van der Waals surface area contributed by atoms with Crippen molar-refractivity contribution in [3.05, 3.63) is 0 Å². The molecule has 1 aliphatic heterocycles. The Morgan fingerprint density at radius 2 is 1.90 bits per heavy atom. The van der Waals surface area contributed by atoms with E-state index in [9.17, 15) is 14.7 Å². The summed E-state index contributed by atoms with van der Waals surface area (Å²) in [6.07, 6.45) is 3.06. The van der Waals surface area contributed by atoms with Crippen LogP contribution >= 0.6 is 0 Å². The fourth-order valence-corrected chi connectivity index (χ4v) is 2.89. The number of nitrogens with zero attached hydrogens (tertiary/aromatic N) is 1. The maximum Gasteiger partial charge on any atom is 0.329 e. The molecule has 1 heterocycles. The highest BCUT2D eigenvalue weighted by Gasteiger charge is 2.41. The lowest BCUT2D eigenvalue weighted by atomic mass is 9.71. The van der Waals surface area contributed by atoms with Crippen LogP contribution in [-0.4, -0.2) is 55.0 Å². The number of nitrogens with one attached hydrogen (secondary N) is 2. The topological polar surface area (TPSA) is 90.9 Å². The molecule has 0 aromatic rings. The molecule has 2 fully saturated rings.